The van der Waals surface area contributed by atoms with Gasteiger partial charge in [-0.25, -0.2) is 4.39 Å². The Balaban J connectivity index is 2.10. The van der Waals surface area contributed by atoms with E-state index in [1.807, 2.05) is 6.07 Å². The van der Waals surface area contributed by atoms with E-state index in [0.29, 0.717) is 17.5 Å². The third kappa shape index (κ3) is 3.76. The molecule has 4 heteroatoms. The van der Waals surface area contributed by atoms with Gasteiger partial charge in [0.05, 0.1) is 0 Å². The van der Waals surface area contributed by atoms with Gasteiger partial charge in [0.1, 0.15) is 10.8 Å². The molecule has 2 unspecified atom stereocenters. The van der Waals surface area contributed by atoms with Gasteiger partial charge in [-0.1, -0.05) is 32.0 Å². The minimum absolute atomic E-state index is 0.249. The van der Waals surface area contributed by atoms with Gasteiger partial charge in [0.2, 0.25) is 0 Å². The Hall–Kier alpha value is -1.00. The number of hydrogen-bond acceptors (Lipinski definition) is 2. The number of hydrogen-bond donors (Lipinski definition) is 1. The third-order valence-electron chi connectivity index (χ3n) is 4.31. The van der Waals surface area contributed by atoms with Crippen molar-refractivity contribution in [3.05, 3.63) is 35.1 Å². The van der Waals surface area contributed by atoms with Crippen LogP contribution in [0.5, 0.6) is 0 Å². The SMILES string of the molecule is CC1CCCCC1N(C)Cc1cc(F)cc(C(N)=S)c1. The predicted molar refractivity (Wildman–Crippen MR) is 85.2 cm³/mol. The molecule has 0 heterocycles. The highest BCUT2D eigenvalue weighted by Gasteiger charge is 2.24. The van der Waals surface area contributed by atoms with Crippen molar-refractivity contribution in [3.8, 4) is 0 Å². The van der Waals surface area contributed by atoms with E-state index in [1.165, 1.54) is 31.7 Å². The van der Waals surface area contributed by atoms with Crippen LogP contribution in [0.1, 0.15) is 43.7 Å². The summed E-state index contributed by atoms with van der Waals surface area (Å²) in [4.78, 5) is 2.58. The molecule has 0 aliphatic heterocycles. The molecule has 2 rings (SSSR count). The van der Waals surface area contributed by atoms with Crippen LogP contribution in [0.4, 0.5) is 4.39 Å². The highest BCUT2D eigenvalue weighted by atomic mass is 32.1. The monoisotopic (exact) mass is 294 g/mol. The van der Waals surface area contributed by atoms with Crippen molar-refractivity contribution in [3.63, 3.8) is 0 Å². The second kappa shape index (κ2) is 6.64. The summed E-state index contributed by atoms with van der Waals surface area (Å²) in [6.45, 7) is 3.05. The molecule has 0 radical (unpaired) electrons. The van der Waals surface area contributed by atoms with Gasteiger partial charge in [-0.3, -0.25) is 4.90 Å². The van der Waals surface area contributed by atoms with E-state index in [4.69, 9.17) is 18.0 Å². The maximum absolute atomic E-state index is 13.6. The van der Waals surface area contributed by atoms with Crippen LogP contribution in [-0.4, -0.2) is 23.0 Å². The topological polar surface area (TPSA) is 29.3 Å². The van der Waals surface area contributed by atoms with Crippen molar-refractivity contribution in [2.45, 2.75) is 45.2 Å². The molecule has 2 nitrogen and oxygen atoms in total. The molecule has 0 amide bonds. The average Bonchev–Trinajstić information content (AvgIpc) is 2.38. The first-order valence-corrected chi connectivity index (χ1v) is 7.67. The maximum Gasteiger partial charge on any atom is 0.124 e. The quantitative estimate of drug-likeness (QED) is 0.862. The van der Waals surface area contributed by atoms with Gasteiger partial charge < -0.3 is 5.73 Å². The van der Waals surface area contributed by atoms with E-state index in [0.717, 1.165) is 12.1 Å². The molecule has 0 spiro atoms. The van der Waals surface area contributed by atoms with Gasteiger partial charge in [-0.05, 0) is 49.6 Å². The van der Waals surface area contributed by atoms with Crippen molar-refractivity contribution < 1.29 is 4.39 Å². The summed E-state index contributed by atoms with van der Waals surface area (Å²) < 4.78 is 13.6. The lowest BCUT2D eigenvalue weighted by Crippen LogP contribution is -2.38. The molecule has 1 aliphatic rings. The fourth-order valence-corrected chi connectivity index (χ4v) is 3.36. The van der Waals surface area contributed by atoms with E-state index >= 15 is 0 Å². The summed E-state index contributed by atoms with van der Waals surface area (Å²) in [5.41, 5.74) is 7.15. The summed E-state index contributed by atoms with van der Waals surface area (Å²) >= 11 is 4.94. The Labute approximate surface area is 126 Å². The van der Waals surface area contributed by atoms with Crippen LogP contribution < -0.4 is 5.73 Å². The zero-order valence-corrected chi connectivity index (χ0v) is 13.0. The van der Waals surface area contributed by atoms with Crippen LogP contribution in [0, 0.1) is 11.7 Å². The number of benzene rings is 1. The first kappa shape index (κ1) is 15.4. The molecule has 1 fully saturated rings. The van der Waals surface area contributed by atoms with Crippen LogP contribution in [-0.2, 0) is 6.54 Å². The average molecular weight is 294 g/mol. The third-order valence-corrected chi connectivity index (χ3v) is 4.54. The Bertz CT molecular complexity index is 489. The highest BCUT2D eigenvalue weighted by Crippen LogP contribution is 2.28. The summed E-state index contributed by atoms with van der Waals surface area (Å²) in [5, 5.41) is 0. The van der Waals surface area contributed by atoms with Crippen LogP contribution in [0.15, 0.2) is 18.2 Å². The van der Waals surface area contributed by atoms with E-state index in [1.54, 1.807) is 6.07 Å². The summed E-state index contributed by atoms with van der Waals surface area (Å²) in [6, 6.07) is 5.45. The van der Waals surface area contributed by atoms with Crippen LogP contribution in [0.25, 0.3) is 0 Å². The Morgan fingerprint density at radius 1 is 1.35 bits per heavy atom. The van der Waals surface area contributed by atoms with Crippen molar-refractivity contribution in [2.24, 2.45) is 11.7 Å². The Morgan fingerprint density at radius 3 is 2.70 bits per heavy atom. The van der Waals surface area contributed by atoms with Gasteiger partial charge in [-0.15, -0.1) is 0 Å². The van der Waals surface area contributed by atoms with Gasteiger partial charge in [-0.2, -0.15) is 0 Å². The van der Waals surface area contributed by atoms with E-state index in [-0.39, 0.29) is 10.8 Å². The molecule has 1 aromatic carbocycles. The molecular formula is C16H23FN2S. The van der Waals surface area contributed by atoms with Gasteiger partial charge in [0.25, 0.3) is 0 Å². The smallest absolute Gasteiger partial charge is 0.124 e. The normalized spacial score (nSPS) is 23.0. The molecule has 1 saturated carbocycles. The summed E-state index contributed by atoms with van der Waals surface area (Å²) in [6.07, 6.45) is 5.14. The largest absolute Gasteiger partial charge is 0.389 e. The number of rotatable bonds is 4. The molecule has 2 atom stereocenters. The first-order chi connectivity index (χ1) is 9.47. The fourth-order valence-electron chi connectivity index (χ4n) is 3.24. The Morgan fingerprint density at radius 2 is 2.05 bits per heavy atom. The Kier molecular flexibility index (Phi) is 5.11. The second-order valence-electron chi connectivity index (χ2n) is 5.96. The van der Waals surface area contributed by atoms with E-state index in [2.05, 4.69) is 18.9 Å². The van der Waals surface area contributed by atoms with Crippen LogP contribution >= 0.6 is 12.2 Å². The van der Waals surface area contributed by atoms with Crippen molar-refractivity contribution in [1.29, 1.82) is 0 Å². The molecule has 1 aromatic rings. The standard InChI is InChI=1S/C16H23FN2S/c1-11-5-3-4-6-15(11)19(2)10-12-7-13(16(18)20)9-14(17)8-12/h7-9,11,15H,3-6,10H2,1-2H3,(H2,18,20). The molecule has 110 valence electrons. The molecule has 0 bridgehead atoms. The van der Waals surface area contributed by atoms with Gasteiger partial charge >= 0.3 is 0 Å². The number of thiocarbonyl (C=S) groups is 1. The maximum atomic E-state index is 13.6. The van der Waals surface area contributed by atoms with E-state index in [9.17, 15) is 4.39 Å². The number of halogens is 1. The molecule has 1 aliphatic carbocycles. The zero-order chi connectivity index (χ0) is 14.7. The lowest BCUT2D eigenvalue weighted by atomic mass is 9.85. The highest BCUT2D eigenvalue weighted by molar-refractivity contribution is 7.80. The summed E-state index contributed by atoms with van der Waals surface area (Å²) in [5.74, 6) is 0.438. The second-order valence-corrected chi connectivity index (χ2v) is 6.40. The van der Waals surface area contributed by atoms with Gasteiger partial charge in [0.15, 0.2) is 0 Å². The molecule has 0 aromatic heterocycles. The first-order valence-electron chi connectivity index (χ1n) is 7.27. The van der Waals surface area contributed by atoms with E-state index < -0.39 is 0 Å². The number of nitrogens with two attached hydrogens (primary N) is 1. The number of nitrogens with zero attached hydrogens (tertiary/aromatic N) is 1. The van der Waals surface area contributed by atoms with Gasteiger partial charge in [0, 0.05) is 18.2 Å². The molecule has 20 heavy (non-hydrogen) atoms. The zero-order valence-electron chi connectivity index (χ0n) is 12.2. The van der Waals surface area contributed by atoms with Crippen molar-refractivity contribution >= 4 is 17.2 Å². The predicted octanol–water partition coefficient (Wildman–Crippen LogP) is 3.47. The molecular weight excluding hydrogens is 271 g/mol. The molecule has 2 N–H and O–H groups in total. The van der Waals surface area contributed by atoms with Crippen LogP contribution in [0.2, 0.25) is 0 Å². The van der Waals surface area contributed by atoms with Crippen LogP contribution in [0.3, 0.4) is 0 Å². The minimum Gasteiger partial charge on any atom is -0.389 e. The lowest BCUT2D eigenvalue weighted by Gasteiger charge is -2.36. The fraction of sp³-hybridized carbons (Fsp3) is 0.562. The summed E-state index contributed by atoms with van der Waals surface area (Å²) in [7, 11) is 2.12. The lowest BCUT2D eigenvalue weighted by molar-refractivity contribution is 0.133. The minimum atomic E-state index is -0.268. The van der Waals surface area contributed by atoms with Crippen molar-refractivity contribution in [1.82, 2.24) is 4.90 Å². The molecule has 0 saturated heterocycles. The van der Waals surface area contributed by atoms with Crippen molar-refractivity contribution in [2.75, 3.05) is 7.05 Å².